The summed E-state index contributed by atoms with van der Waals surface area (Å²) in [6, 6.07) is 0. The molecule has 2 atom stereocenters. The van der Waals surface area contributed by atoms with Crippen LogP contribution < -0.4 is 5.32 Å². The largest absolute Gasteiger partial charge is 0.480 e. The molecule has 1 fully saturated rings. The molecule has 0 bridgehead atoms. The van der Waals surface area contributed by atoms with Crippen LogP contribution in [0.2, 0.25) is 0 Å². The molecule has 1 aliphatic carbocycles. The first-order chi connectivity index (χ1) is 7.88. The fourth-order valence-corrected chi connectivity index (χ4v) is 3.07. The van der Waals surface area contributed by atoms with Gasteiger partial charge in [0.1, 0.15) is 6.54 Å². The second-order valence-corrected chi connectivity index (χ2v) is 5.59. The lowest BCUT2D eigenvalue weighted by atomic mass is 9.63. The number of carboxylic acid groups (broad SMARTS) is 1. The van der Waals surface area contributed by atoms with Crippen LogP contribution in [-0.4, -0.2) is 23.5 Å². The summed E-state index contributed by atoms with van der Waals surface area (Å²) < 4.78 is 0. The second kappa shape index (κ2) is 5.52. The molecule has 0 radical (unpaired) electrons. The second-order valence-electron chi connectivity index (χ2n) is 5.59. The third-order valence-corrected chi connectivity index (χ3v) is 4.00. The van der Waals surface area contributed by atoms with Gasteiger partial charge in [0.05, 0.1) is 0 Å². The number of carbonyl (C=O) groups excluding carboxylic acids is 1. The van der Waals surface area contributed by atoms with Gasteiger partial charge in [0, 0.05) is 5.41 Å². The number of hydrogen-bond donors (Lipinski definition) is 2. The van der Waals surface area contributed by atoms with Gasteiger partial charge in [0.2, 0.25) is 5.91 Å². The Morgan fingerprint density at radius 3 is 2.59 bits per heavy atom. The van der Waals surface area contributed by atoms with Gasteiger partial charge in [-0.3, -0.25) is 9.59 Å². The zero-order valence-corrected chi connectivity index (χ0v) is 11.0. The van der Waals surface area contributed by atoms with Crippen LogP contribution in [0.1, 0.15) is 46.5 Å². The standard InChI is InChI=1S/C13H23NO3/c1-9(2)10-6-4-5-7-13(10,3)12(17)14-8-11(15)16/h9-10H,4-8H2,1-3H3,(H,14,17)(H,15,16)/t10-,13?/m0/s1. The molecule has 4 nitrogen and oxygen atoms in total. The van der Waals surface area contributed by atoms with E-state index in [-0.39, 0.29) is 12.5 Å². The Balaban J connectivity index is 2.74. The maximum atomic E-state index is 12.2. The first-order valence-corrected chi connectivity index (χ1v) is 6.38. The van der Waals surface area contributed by atoms with E-state index in [1.165, 1.54) is 6.42 Å². The first kappa shape index (κ1) is 14.0. The molecule has 1 saturated carbocycles. The normalized spacial score (nSPS) is 29.1. The molecule has 0 spiro atoms. The van der Waals surface area contributed by atoms with Gasteiger partial charge in [0.25, 0.3) is 0 Å². The average Bonchev–Trinajstić information content (AvgIpc) is 2.25. The van der Waals surface area contributed by atoms with Crippen LogP contribution in [0.5, 0.6) is 0 Å². The molecular weight excluding hydrogens is 218 g/mol. The van der Waals surface area contributed by atoms with Crippen molar-refractivity contribution in [1.82, 2.24) is 5.32 Å². The zero-order chi connectivity index (χ0) is 13.1. The molecule has 0 aromatic carbocycles. The minimum Gasteiger partial charge on any atom is -0.480 e. The first-order valence-electron chi connectivity index (χ1n) is 6.38. The SMILES string of the molecule is CC(C)[C@@H]1CCCCC1(C)C(=O)NCC(=O)O. The molecule has 0 aliphatic heterocycles. The van der Waals surface area contributed by atoms with Crippen LogP contribution in [-0.2, 0) is 9.59 Å². The summed E-state index contributed by atoms with van der Waals surface area (Å²) in [4.78, 5) is 22.7. The lowest BCUT2D eigenvalue weighted by Crippen LogP contribution is -2.48. The molecule has 0 aromatic rings. The van der Waals surface area contributed by atoms with E-state index in [0.29, 0.717) is 11.8 Å². The quantitative estimate of drug-likeness (QED) is 0.791. The number of hydrogen-bond acceptors (Lipinski definition) is 2. The lowest BCUT2D eigenvalue weighted by molar-refractivity contribution is -0.142. The maximum absolute atomic E-state index is 12.2. The van der Waals surface area contributed by atoms with Gasteiger partial charge in [0.15, 0.2) is 0 Å². The molecule has 98 valence electrons. The Morgan fingerprint density at radius 2 is 2.06 bits per heavy atom. The fraction of sp³-hybridized carbons (Fsp3) is 0.846. The van der Waals surface area contributed by atoms with Crippen molar-refractivity contribution in [3.63, 3.8) is 0 Å². The molecule has 17 heavy (non-hydrogen) atoms. The Bertz CT molecular complexity index is 301. The van der Waals surface area contributed by atoms with Crippen molar-refractivity contribution >= 4 is 11.9 Å². The number of aliphatic carboxylic acids is 1. The van der Waals surface area contributed by atoms with Crippen molar-refractivity contribution in [1.29, 1.82) is 0 Å². The van der Waals surface area contributed by atoms with Gasteiger partial charge >= 0.3 is 5.97 Å². The molecular formula is C13H23NO3. The third-order valence-electron chi connectivity index (χ3n) is 4.00. The molecule has 1 unspecified atom stereocenters. The number of rotatable bonds is 4. The van der Waals surface area contributed by atoms with E-state index < -0.39 is 11.4 Å². The summed E-state index contributed by atoms with van der Waals surface area (Å²) in [5.74, 6) is -0.280. The summed E-state index contributed by atoms with van der Waals surface area (Å²) in [7, 11) is 0. The Kier molecular flexibility index (Phi) is 4.54. The Hall–Kier alpha value is -1.06. The molecule has 0 saturated heterocycles. The Morgan fingerprint density at radius 1 is 1.41 bits per heavy atom. The fourth-order valence-electron chi connectivity index (χ4n) is 3.07. The highest BCUT2D eigenvalue weighted by molar-refractivity contribution is 5.85. The number of amides is 1. The van der Waals surface area contributed by atoms with Crippen molar-refractivity contribution in [3.05, 3.63) is 0 Å². The molecule has 1 rings (SSSR count). The van der Waals surface area contributed by atoms with Crippen molar-refractivity contribution in [3.8, 4) is 0 Å². The monoisotopic (exact) mass is 241 g/mol. The average molecular weight is 241 g/mol. The van der Waals surface area contributed by atoms with Crippen LogP contribution >= 0.6 is 0 Å². The van der Waals surface area contributed by atoms with E-state index in [1.807, 2.05) is 6.92 Å². The number of nitrogens with one attached hydrogen (secondary N) is 1. The summed E-state index contributed by atoms with van der Waals surface area (Å²) in [5.41, 5.74) is -0.401. The van der Waals surface area contributed by atoms with E-state index in [4.69, 9.17) is 5.11 Å². The predicted molar refractivity (Wildman–Crippen MR) is 65.5 cm³/mol. The van der Waals surface area contributed by atoms with Gasteiger partial charge in [-0.05, 0) is 24.7 Å². The molecule has 2 N–H and O–H groups in total. The van der Waals surface area contributed by atoms with Gasteiger partial charge in [-0.2, -0.15) is 0 Å². The van der Waals surface area contributed by atoms with Crippen molar-refractivity contribution < 1.29 is 14.7 Å². The molecule has 0 aromatic heterocycles. The van der Waals surface area contributed by atoms with Crippen LogP contribution in [0.25, 0.3) is 0 Å². The molecule has 1 amide bonds. The van der Waals surface area contributed by atoms with Crippen LogP contribution in [0, 0.1) is 17.3 Å². The molecule has 1 aliphatic rings. The summed E-state index contributed by atoms with van der Waals surface area (Å²) in [6.45, 7) is 5.98. The van der Waals surface area contributed by atoms with Crippen LogP contribution in [0.3, 0.4) is 0 Å². The van der Waals surface area contributed by atoms with E-state index in [2.05, 4.69) is 19.2 Å². The molecule has 4 heteroatoms. The zero-order valence-electron chi connectivity index (χ0n) is 11.0. The van der Waals surface area contributed by atoms with Gasteiger partial charge in [-0.15, -0.1) is 0 Å². The highest BCUT2D eigenvalue weighted by Crippen LogP contribution is 2.44. The van der Waals surface area contributed by atoms with Gasteiger partial charge in [-0.1, -0.05) is 33.6 Å². The molecule has 0 heterocycles. The third kappa shape index (κ3) is 3.20. The number of carboxylic acids is 1. The summed E-state index contributed by atoms with van der Waals surface area (Å²) in [5, 5.41) is 11.1. The number of carbonyl (C=O) groups is 2. The highest BCUT2D eigenvalue weighted by atomic mass is 16.4. The topological polar surface area (TPSA) is 66.4 Å². The van der Waals surface area contributed by atoms with Crippen LogP contribution in [0.15, 0.2) is 0 Å². The summed E-state index contributed by atoms with van der Waals surface area (Å²) in [6.07, 6.45) is 4.15. The van der Waals surface area contributed by atoms with Gasteiger partial charge in [-0.25, -0.2) is 0 Å². The van der Waals surface area contributed by atoms with Crippen molar-refractivity contribution in [2.75, 3.05) is 6.54 Å². The minimum absolute atomic E-state index is 0.0988. The lowest BCUT2D eigenvalue weighted by Gasteiger charge is -2.42. The Labute approximate surface area is 103 Å². The van der Waals surface area contributed by atoms with E-state index in [9.17, 15) is 9.59 Å². The van der Waals surface area contributed by atoms with Crippen molar-refractivity contribution in [2.24, 2.45) is 17.3 Å². The van der Waals surface area contributed by atoms with E-state index in [1.54, 1.807) is 0 Å². The van der Waals surface area contributed by atoms with E-state index >= 15 is 0 Å². The van der Waals surface area contributed by atoms with Gasteiger partial charge < -0.3 is 10.4 Å². The smallest absolute Gasteiger partial charge is 0.322 e. The van der Waals surface area contributed by atoms with Crippen molar-refractivity contribution in [2.45, 2.75) is 46.5 Å². The highest BCUT2D eigenvalue weighted by Gasteiger charge is 2.43. The maximum Gasteiger partial charge on any atom is 0.322 e. The predicted octanol–water partition coefficient (Wildman–Crippen LogP) is 2.04. The summed E-state index contributed by atoms with van der Waals surface area (Å²) >= 11 is 0. The van der Waals surface area contributed by atoms with Crippen LogP contribution in [0.4, 0.5) is 0 Å². The minimum atomic E-state index is -0.987. The van der Waals surface area contributed by atoms with E-state index in [0.717, 1.165) is 19.3 Å².